The van der Waals surface area contributed by atoms with Crippen LogP contribution < -0.4 is 10.5 Å². The van der Waals surface area contributed by atoms with Gasteiger partial charge in [0.15, 0.2) is 0 Å². The number of likely N-dealkylation sites (tertiary alicyclic amines) is 1. The van der Waals surface area contributed by atoms with Crippen LogP contribution >= 0.6 is 12.4 Å². The number of benzene rings is 2. The van der Waals surface area contributed by atoms with E-state index in [-0.39, 0.29) is 29.9 Å². The van der Waals surface area contributed by atoms with Crippen molar-refractivity contribution in [3.05, 3.63) is 59.4 Å². The third kappa shape index (κ3) is 5.24. The number of carbonyl (C=O) groups is 1. The minimum Gasteiger partial charge on any atom is -0.457 e. The maximum absolute atomic E-state index is 14.3. The highest BCUT2D eigenvalue weighted by atomic mass is 35.5. The van der Waals surface area contributed by atoms with Crippen LogP contribution in [0.3, 0.4) is 0 Å². The van der Waals surface area contributed by atoms with E-state index in [4.69, 9.17) is 10.5 Å². The lowest BCUT2D eigenvalue weighted by molar-refractivity contribution is 0.0725. The third-order valence-corrected chi connectivity index (χ3v) is 5.02. The molecule has 152 valence electrons. The number of amides is 1. The molecule has 0 spiro atoms. The Hall–Kier alpha value is -2.11. The summed E-state index contributed by atoms with van der Waals surface area (Å²) < 4.78 is 20.2. The molecule has 0 radical (unpaired) electrons. The Labute approximate surface area is 172 Å². The van der Waals surface area contributed by atoms with Gasteiger partial charge in [0.2, 0.25) is 0 Å². The van der Waals surface area contributed by atoms with Gasteiger partial charge in [-0.1, -0.05) is 25.5 Å². The van der Waals surface area contributed by atoms with Gasteiger partial charge in [-0.3, -0.25) is 4.79 Å². The molecule has 2 aromatic carbocycles. The molecule has 0 saturated carbocycles. The van der Waals surface area contributed by atoms with Gasteiger partial charge >= 0.3 is 0 Å². The molecule has 1 fully saturated rings. The van der Waals surface area contributed by atoms with Gasteiger partial charge in [-0.05, 0) is 68.1 Å². The Morgan fingerprint density at radius 3 is 2.61 bits per heavy atom. The van der Waals surface area contributed by atoms with Crippen molar-refractivity contribution in [2.45, 2.75) is 45.1 Å². The molecule has 2 aromatic rings. The zero-order valence-electron chi connectivity index (χ0n) is 16.2. The molecule has 28 heavy (non-hydrogen) atoms. The van der Waals surface area contributed by atoms with Gasteiger partial charge in [-0.2, -0.15) is 0 Å². The predicted octanol–water partition coefficient (Wildman–Crippen LogP) is 4.95. The Kier molecular flexibility index (Phi) is 8.27. The van der Waals surface area contributed by atoms with Crippen LogP contribution in [-0.2, 0) is 6.42 Å². The number of hydrogen-bond donors (Lipinski definition) is 1. The number of nitrogens with two attached hydrogens (primary N) is 1. The van der Waals surface area contributed by atoms with Crippen molar-refractivity contribution in [2.75, 3.05) is 13.1 Å². The van der Waals surface area contributed by atoms with Gasteiger partial charge in [-0.15, -0.1) is 12.4 Å². The fourth-order valence-corrected chi connectivity index (χ4v) is 3.65. The Balaban J connectivity index is 0.00000280. The van der Waals surface area contributed by atoms with E-state index in [9.17, 15) is 9.18 Å². The van der Waals surface area contributed by atoms with Crippen LogP contribution in [0.1, 0.15) is 48.5 Å². The minimum atomic E-state index is -0.507. The summed E-state index contributed by atoms with van der Waals surface area (Å²) in [5, 5.41) is 0. The maximum atomic E-state index is 14.3. The van der Waals surface area contributed by atoms with Crippen molar-refractivity contribution < 1.29 is 13.9 Å². The number of nitrogens with zero attached hydrogens (tertiary/aromatic N) is 1. The highest BCUT2D eigenvalue weighted by Gasteiger charge is 2.30. The van der Waals surface area contributed by atoms with E-state index < -0.39 is 5.82 Å². The lowest BCUT2D eigenvalue weighted by atomic mass is 10.1. The van der Waals surface area contributed by atoms with E-state index in [1.54, 1.807) is 6.07 Å². The van der Waals surface area contributed by atoms with Gasteiger partial charge < -0.3 is 15.4 Å². The van der Waals surface area contributed by atoms with Crippen molar-refractivity contribution in [1.82, 2.24) is 4.90 Å². The van der Waals surface area contributed by atoms with E-state index in [0.717, 1.165) is 37.7 Å². The molecule has 0 aromatic heterocycles. The number of carbonyl (C=O) groups excluding carboxylic acids is 1. The summed E-state index contributed by atoms with van der Waals surface area (Å²) in [6.07, 6.45) is 4.75. The molecule has 1 amide bonds. The molecule has 3 rings (SSSR count). The van der Waals surface area contributed by atoms with Crippen molar-refractivity contribution in [3.8, 4) is 11.5 Å². The van der Waals surface area contributed by atoms with E-state index in [1.807, 2.05) is 29.2 Å². The van der Waals surface area contributed by atoms with Crippen molar-refractivity contribution in [2.24, 2.45) is 5.73 Å². The normalized spacial score (nSPS) is 16.0. The quantitative estimate of drug-likeness (QED) is 0.708. The second-order valence-corrected chi connectivity index (χ2v) is 7.01. The van der Waals surface area contributed by atoms with Gasteiger partial charge in [-0.25, -0.2) is 4.39 Å². The summed E-state index contributed by atoms with van der Waals surface area (Å²) in [6.45, 7) is 3.39. The second-order valence-electron chi connectivity index (χ2n) is 7.01. The third-order valence-electron chi connectivity index (χ3n) is 5.02. The predicted molar refractivity (Wildman–Crippen MR) is 112 cm³/mol. The molecule has 1 heterocycles. The zero-order valence-corrected chi connectivity index (χ0v) is 17.0. The molecule has 0 bridgehead atoms. The number of halogens is 2. The maximum Gasteiger partial charge on any atom is 0.257 e. The van der Waals surface area contributed by atoms with E-state index >= 15 is 0 Å². The summed E-state index contributed by atoms with van der Waals surface area (Å²) >= 11 is 0. The highest BCUT2D eigenvalue weighted by molar-refractivity contribution is 5.95. The van der Waals surface area contributed by atoms with Crippen LogP contribution in [0.25, 0.3) is 0 Å². The van der Waals surface area contributed by atoms with Gasteiger partial charge in [0.05, 0.1) is 5.56 Å². The molecule has 4 nitrogen and oxygen atoms in total. The summed E-state index contributed by atoms with van der Waals surface area (Å²) in [4.78, 5) is 14.7. The Bertz CT molecular complexity index is 783. The minimum absolute atomic E-state index is 0. The van der Waals surface area contributed by atoms with E-state index in [1.165, 1.54) is 12.1 Å². The number of rotatable bonds is 7. The van der Waals surface area contributed by atoms with Gasteiger partial charge in [0.25, 0.3) is 5.91 Å². The number of ether oxygens (including phenoxy) is 1. The lowest BCUT2D eigenvalue weighted by Gasteiger charge is -2.24. The fourth-order valence-electron chi connectivity index (χ4n) is 3.65. The van der Waals surface area contributed by atoms with Crippen LogP contribution in [0.5, 0.6) is 11.5 Å². The lowest BCUT2D eigenvalue weighted by Crippen LogP contribution is -2.35. The Morgan fingerprint density at radius 2 is 1.93 bits per heavy atom. The molecule has 1 aliphatic heterocycles. The molecule has 1 atom stereocenters. The summed E-state index contributed by atoms with van der Waals surface area (Å²) in [5.74, 6) is 0.350. The summed E-state index contributed by atoms with van der Waals surface area (Å²) in [5.41, 5.74) is 6.77. The monoisotopic (exact) mass is 406 g/mol. The smallest absolute Gasteiger partial charge is 0.257 e. The average Bonchev–Trinajstić information content (AvgIpc) is 3.13. The first-order valence-electron chi connectivity index (χ1n) is 9.69. The standard InChI is InChI=1S/C22H27FN2O2.ClH/c1-2-4-17-5-3-14-25(17)22(26)20-15-19(10-11-21(20)23)27-18-8-6-16(7-9-18)12-13-24;/h6-11,15,17H,2-5,12-14,24H2,1H3;1H. The molecule has 0 aliphatic carbocycles. The first kappa shape index (κ1) is 22.2. The molecule has 2 N–H and O–H groups in total. The van der Waals surface area contributed by atoms with E-state index in [2.05, 4.69) is 6.92 Å². The van der Waals surface area contributed by atoms with E-state index in [0.29, 0.717) is 24.6 Å². The molecular weight excluding hydrogens is 379 g/mol. The summed E-state index contributed by atoms with van der Waals surface area (Å²) in [7, 11) is 0. The Morgan fingerprint density at radius 1 is 1.21 bits per heavy atom. The molecule has 1 unspecified atom stereocenters. The van der Waals surface area contributed by atoms with Crippen LogP contribution in [0.15, 0.2) is 42.5 Å². The first-order valence-corrected chi connectivity index (χ1v) is 9.69. The largest absolute Gasteiger partial charge is 0.457 e. The SMILES string of the molecule is CCCC1CCCN1C(=O)c1cc(Oc2ccc(CCN)cc2)ccc1F.Cl. The fraction of sp³-hybridized carbons (Fsp3) is 0.409. The van der Waals surface area contributed by atoms with Crippen molar-refractivity contribution in [1.29, 1.82) is 0 Å². The zero-order chi connectivity index (χ0) is 19.2. The second kappa shape index (κ2) is 10.4. The summed E-state index contributed by atoms with van der Waals surface area (Å²) in [6, 6.07) is 12.2. The van der Waals surface area contributed by atoms with Crippen LogP contribution in [0, 0.1) is 5.82 Å². The van der Waals surface area contributed by atoms with Crippen molar-refractivity contribution in [3.63, 3.8) is 0 Å². The van der Waals surface area contributed by atoms with Crippen LogP contribution in [0.4, 0.5) is 4.39 Å². The van der Waals surface area contributed by atoms with Crippen LogP contribution in [0.2, 0.25) is 0 Å². The van der Waals surface area contributed by atoms with Gasteiger partial charge in [0, 0.05) is 12.6 Å². The molecular formula is C22H28ClFN2O2. The average molecular weight is 407 g/mol. The van der Waals surface area contributed by atoms with Crippen molar-refractivity contribution >= 4 is 18.3 Å². The number of hydrogen-bond acceptors (Lipinski definition) is 3. The highest BCUT2D eigenvalue weighted by Crippen LogP contribution is 2.28. The molecule has 1 aliphatic rings. The molecule has 1 saturated heterocycles. The van der Waals surface area contributed by atoms with Gasteiger partial charge in [0.1, 0.15) is 17.3 Å². The topological polar surface area (TPSA) is 55.6 Å². The molecule has 6 heteroatoms. The first-order chi connectivity index (χ1) is 13.1. The van der Waals surface area contributed by atoms with Crippen LogP contribution in [-0.4, -0.2) is 29.9 Å².